The van der Waals surface area contributed by atoms with E-state index in [9.17, 15) is 5.11 Å². The summed E-state index contributed by atoms with van der Waals surface area (Å²) in [5.41, 5.74) is 1.78. The Hall–Kier alpha value is -1.33. The Morgan fingerprint density at radius 1 is 1.47 bits per heavy atom. The van der Waals surface area contributed by atoms with Crippen LogP contribution in [0.3, 0.4) is 0 Å². The number of aliphatic hydroxyl groups is 1. The van der Waals surface area contributed by atoms with E-state index in [0.29, 0.717) is 5.56 Å². The standard InChI is InChI=1S/C13H15NO/c1-12(2)8-13(12,9-15)11-5-3-4-10(6-11)7-14/h3-6,15H,8-9H2,1-2H3. The van der Waals surface area contributed by atoms with Crippen LogP contribution in [-0.2, 0) is 5.41 Å². The monoisotopic (exact) mass is 201 g/mol. The minimum atomic E-state index is -0.125. The van der Waals surface area contributed by atoms with Gasteiger partial charge in [-0.15, -0.1) is 0 Å². The number of nitriles is 1. The van der Waals surface area contributed by atoms with Gasteiger partial charge in [-0.1, -0.05) is 26.0 Å². The molecule has 0 spiro atoms. The maximum absolute atomic E-state index is 9.53. The molecule has 2 heteroatoms. The molecule has 1 aliphatic carbocycles. The molecule has 0 radical (unpaired) electrons. The van der Waals surface area contributed by atoms with Crippen LogP contribution in [0.5, 0.6) is 0 Å². The van der Waals surface area contributed by atoms with Crippen molar-refractivity contribution in [1.82, 2.24) is 0 Å². The normalized spacial score (nSPS) is 27.1. The molecule has 1 fully saturated rings. The number of aliphatic hydroxyl groups excluding tert-OH is 1. The average molecular weight is 201 g/mol. The third-order valence-corrected chi connectivity index (χ3v) is 3.73. The lowest BCUT2D eigenvalue weighted by Gasteiger charge is -2.18. The van der Waals surface area contributed by atoms with E-state index in [1.165, 1.54) is 0 Å². The van der Waals surface area contributed by atoms with Gasteiger partial charge in [0.25, 0.3) is 0 Å². The number of rotatable bonds is 2. The molecule has 2 nitrogen and oxygen atoms in total. The molecular formula is C13H15NO. The second kappa shape index (κ2) is 3.08. The van der Waals surface area contributed by atoms with Crippen LogP contribution in [0.4, 0.5) is 0 Å². The highest BCUT2D eigenvalue weighted by atomic mass is 16.3. The first-order valence-corrected chi connectivity index (χ1v) is 5.17. The van der Waals surface area contributed by atoms with Crippen molar-refractivity contribution in [1.29, 1.82) is 5.26 Å². The third kappa shape index (κ3) is 1.35. The summed E-state index contributed by atoms with van der Waals surface area (Å²) in [6.45, 7) is 4.47. The second-order valence-corrected chi connectivity index (χ2v) is 4.99. The highest BCUT2D eigenvalue weighted by Gasteiger charge is 2.61. The molecule has 0 heterocycles. The topological polar surface area (TPSA) is 44.0 Å². The smallest absolute Gasteiger partial charge is 0.0991 e. The quantitative estimate of drug-likeness (QED) is 0.797. The largest absolute Gasteiger partial charge is 0.395 e. The Kier molecular flexibility index (Phi) is 2.09. The molecule has 78 valence electrons. The van der Waals surface area contributed by atoms with Crippen molar-refractivity contribution in [3.63, 3.8) is 0 Å². The van der Waals surface area contributed by atoms with Gasteiger partial charge in [0.15, 0.2) is 0 Å². The van der Waals surface area contributed by atoms with E-state index in [0.717, 1.165) is 12.0 Å². The van der Waals surface area contributed by atoms with Crippen LogP contribution in [0, 0.1) is 16.7 Å². The van der Waals surface area contributed by atoms with E-state index in [4.69, 9.17) is 5.26 Å². The third-order valence-electron chi connectivity index (χ3n) is 3.73. The van der Waals surface area contributed by atoms with Crippen LogP contribution >= 0.6 is 0 Å². The lowest BCUT2D eigenvalue weighted by molar-refractivity contribution is 0.231. The van der Waals surface area contributed by atoms with Crippen molar-refractivity contribution in [2.75, 3.05) is 6.61 Å². The molecule has 1 aromatic carbocycles. The Labute approximate surface area is 90.2 Å². The molecule has 1 aromatic rings. The van der Waals surface area contributed by atoms with Gasteiger partial charge in [-0.2, -0.15) is 5.26 Å². The van der Waals surface area contributed by atoms with E-state index >= 15 is 0 Å². The first-order chi connectivity index (χ1) is 7.05. The molecule has 0 aliphatic heterocycles. The summed E-state index contributed by atoms with van der Waals surface area (Å²) in [6, 6.07) is 9.72. The van der Waals surface area contributed by atoms with Crippen LogP contribution in [-0.4, -0.2) is 11.7 Å². The van der Waals surface area contributed by atoms with E-state index in [-0.39, 0.29) is 17.4 Å². The minimum absolute atomic E-state index is 0.125. The highest BCUT2D eigenvalue weighted by molar-refractivity contribution is 5.42. The molecule has 1 unspecified atom stereocenters. The van der Waals surface area contributed by atoms with Crippen molar-refractivity contribution >= 4 is 0 Å². The van der Waals surface area contributed by atoms with Crippen LogP contribution < -0.4 is 0 Å². The summed E-state index contributed by atoms with van der Waals surface area (Å²) in [6.07, 6.45) is 0.991. The van der Waals surface area contributed by atoms with Gasteiger partial charge in [0, 0.05) is 5.41 Å². The fourth-order valence-electron chi connectivity index (χ4n) is 2.45. The summed E-state index contributed by atoms with van der Waals surface area (Å²) in [5, 5.41) is 18.4. The van der Waals surface area contributed by atoms with Gasteiger partial charge in [0.1, 0.15) is 0 Å². The molecule has 0 bridgehead atoms. The Balaban J connectivity index is 2.43. The van der Waals surface area contributed by atoms with Crippen LogP contribution in [0.1, 0.15) is 31.4 Å². The van der Waals surface area contributed by atoms with Crippen LogP contribution in [0.15, 0.2) is 24.3 Å². The molecule has 0 amide bonds. The summed E-state index contributed by atoms with van der Waals surface area (Å²) in [5.74, 6) is 0. The van der Waals surface area contributed by atoms with Gasteiger partial charge in [0.05, 0.1) is 18.2 Å². The number of nitrogens with zero attached hydrogens (tertiary/aromatic N) is 1. The van der Waals surface area contributed by atoms with Gasteiger partial charge in [-0.25, -0.2) is 0 Å². The zero-order valence-corrected chi connectivity index (χ0v) is 9.12. The Bertz CT molecular complexity index is 430. The number of hydrogen-bond donors (Lipinski definition) is 1. The van der Waals surface area contributed by atoms with Gasteiger partial charge >= 0.3 is 0 Å². The number of benzene rings is 1. The average Bonchev–Trinajstić information content (AvgIpc) is 2.82. The fraction of sp³-hybridized carbons (Fsp3) is 0.462. The maximum Gasteiger partial charge on any atom is 0.0991 e. The molecule has 2 rings (SSSR count). The van der Waals surface area contributed by atoms with Crippen molar-refractivity contribution in [3.05, 3.63) is 35.4 Å². The van der Waals surface area contributed by atoms with Crippen molar-refractivity contribution in [3.8, 4) is 6.07 Å². The predicted octanol–water partition coefficient (Wildman–Crippen LogP) is 2.22. The molecule has 1 aliphatic rings. The van der Waals surface area contributed by atoms with E-state index in [2.05, 4.69) is 19.9 Å². The Morgan fingerprint density at radius 3 is 2.60 bits per heavy atom. The molecule has 0 aromatic heterocycles. The Morgan fingerprint density at radius 2 is 2.13 bits per heavy atom. The maximum atomic E-state index is 9.53. The van der Waals surface area contributed by atoms with Crippen LogP contribution in [0.2, 0.25) is 0 Å². The second-order valence-electron chi connectivity index (χ2n) is 4.99. The molecule has 1 N–H and O–H groups in total. The van der Waals surface area contributed by atoms with Crippen molar-refractivity contribution in [2.24, 2.45) is 5.41 Å². The minimum Gasteiger partial charge on any atom is -0.395 e. The molecule has 0 saturated heterocycles. The molecule has 1 atom stereocenters. The van der Waals surface area contributed by atoms with E-state index in [1.54, 1.807) is 6.07 Å². The summed E-state index contributed by atoms with van der Waals surface area (Å²) in [7, 11) is 0. The van der Waals surface area contributed by atoms with Crippen LogP contribution in [0.25, 0.3) is 0 Å². The molecule has 15 heavy (non-hydrogen) atoms. The van der Waals surface area contributed by atoms with E-state index < -0.39 is 0 Å². The van der Waals surface area contributed by atoms with Gasteiger partial charge in [-0.3, -0.25) is 0 Å². The van der Waals surface area contributed by atoms with Gasteiger partial charge in [0.2, 0.25) is 0 Å². The van der Waals surface area contributed by atoms with Gasteiger partial charge < -0.3 is 5.11 Å². The van der Waals surface area contributed by atoms with Crippen molar-refractivity contribution in [2.45, 2.75) is 25.7 Å². The lowest BCUT2D eigenvalue weighted by atomic mass is 9.88. The first kappa shape index (κ1) is 10.2. The SMILES string of the molecule is CC1(C)CC1(CO)c1cccc(C#N)c1. The molecular weight excluding hydrogens is 186 g/mol. The highest BCUT2D eigenvalue weighted by Crippen LogP contribution is 2.63. The molecule has 1 saturated carbocycles. The summed E-state index contributed by atoms with van der Waals surface area (Å²) >= 11 is 0. The van der Waals surface area contributed by atoms with Crippen molar-refractivity contribution < 1.29 is 5.11 Å². The summed E-state index contributed by atoms with van der Waals surface area (Å²) < 4.78 is 0. The van der Waals surface area contributed by atoms with E-state index in [1.807, 2.05) is 18.2 Å². The predicted molar refractivity (Wildman–Crippen MR) is 58.3 cm³/mol. The first-order valence-electron chi connectivity index (χ1n) is 5.17. The van der Waals surface area contributed by atoms with Gasteiger partial charge in [-0.05, 0) is 29.5 Å². The summed E-state index contributed by atoms with van der Waals surface area (Å²) in [4.78, 5) is 0. The number of hydrogen-bond acceptors (Lipinski definition) is 2. The fourth-order valence-corrected chi connectivity index (χ4v) is 2.45. The zero-order valence-electron chi connectivity index (χ0n) is 9.12. The lowest BCUT2D eigenvalue weighted by Crippen LogP contribution is -2.19. The zero-order chi connectivity index (χ0) is 11.1.